The lowest BCUT2D eigenvalue weighted by molar-refractivity contribution is 0.310. The van der Waals surface area contributed by atoms with E-state index >= 15 is 0 Å². The van der Waals surface area contributed by atoms with Gasteiger partial charge in [-0.2, -0.15) is 0 Å². The molecule has 0 aliphatic rings. The van der Waals surface area contributed by atoms with Crippen LogP contribution in [0.2, 0.25) is 5.02 Å². The Morgan fingerprint density at radius 2 is 1.85 bits per heavy atom. The van der Waals surface area contributed by atoms with Crippen LogP contribution in [-0.4, -0.2) is 12.4 Å². The quantitative estimate of drug-likeness (QED) is 0.450. The van der Waals surface area contributed by atoms with E-state index in [-0.39, 0.29) is 0 Å². The Kier molecular flexibility index (Phi) is 6.09. The number of unbranched alkanes of at least 4 members (excludes halogenated alkanes) is 1. The van der Waals surface area contributed by atoms with Gasteiger partial charge in [-0.1, -0.05) is 17.7 Å². The van der Waals surface area contributed by atoms with Gasteiger partial charge in [0.15, 0.2) is 0 Å². The molecule has 0 saturated carbocycles. The standard InChI is InChI=1S/C16H18ClNOS/c17-13-6-8-16(9-7-13)20-11-2-1-10-19-15-5-3-4-14(18)12-15/h3-9,12H,1-2,10-11,18H2. The third-order valence-corrected chi connectivity index (χ3v) is 4.10. The lowest BCUT2D eigenvalue weighted by Gasteiger charge is -2.06. The van der Waals surface area contributed by atoms with Crippen molar-refractivity contribution in [3.63, 3.8) is 0 Å². The molecular formula is C16H18ClNOS. The number of anilines is 1. The van der Waals surface area contributed by atoms with Gasteiger partial charge in [-0.05, 0) is 55.0 Å². The Morgan fingerprint density at radius 1 is 1.05 bits per heavy atom. The zero-order valence-corrected chi connectivity index (χ0v) is 12.8. The highest BCUT2D eigenvalue weighted by Gasteiger charge is 1.97. The molecule has 0 heterocycles. The van der Waals surface area contributed by atoms with Gasteiger partial charge in [-0.15, -0.1) is 11.8 Å². The lowest BCUT2D eigenvalue weighted by atomic mass is 10.3. The summed E-state index contributed by atoms with van der Waals surface area (Å²) in [5.74, 6) is 1.93. The summed E-state index contributed by atoms with van der Waals surface area (Å²) in [5, 5.41) is 0.782. The van der Waals surface area contributed by atoms with E-state index in [9.17, 15) is 0 Å². The van der Waals surface area contributed by atoms with Gasteiger partial charge >= 0.3 is 0 Å². The number of hydrogen-bond donors (Lipinski definition) is 1. The van der Waals surface area contributed by atoms with Crippen LogP contribution in [0.4, 0.5) is 5.69 Å². The molecule has 0 aliphatic carbocycles. The molecule has 0 radical (unpaired) electrons. The summed E-state index contributed by atoms with van der Waals surface area (Å²) in [7, 11) is 0. The third kappa shape index (κ3) is 5.35. The van der Waals surface area contributed by atoms with Crippen LogP contribution >= 0.6 is 23.4 Å². The van der Waals surface area contributed by atoms with Crippen molar-refractivity contribution in [2.24, 2.45) is 0 Å². The van der Waals surface area contributed by atoms with Crippen LogP contribution < -0.4 is 10.5 Å². The van der Waals surface area contributed by atoms with E-state index in [4.69, 9.17) is 22.1 Å². The van der Waals surface area contributed by atoms with Crippen molar-refractivity contribution in [2.75, 3.05) is 18.1 Å². The largest absolute Gasteiger partial charge is 0.494 e. The Morgan fingerprint density at radius 3 is 2.60 bits per heavy atom. The normalized spacial score (nSPS) is 10.4. The van der Waals surface area contributed by atoms with Crippen LogP contribution in [0.15, 0.2) is 53.4 Å². The monoisotopic (exact) mass is 307 g/mol. The fraction of sp³-hybridized carbons (Fsp3) is 0.250. The van der Waals surface area contributed by atoms with Crippen LogP contribution in [0.25, 0.3) is 0 Å². The Labute approximate surface area is 129 Å². The lowest BCUT2D eigenvalue weighted by Crippen LogP contribution is -1.98. The van der Waals surface area contributed by atoms with Crippen LogP contribution in [0.3, 0.4) is 0 Å². The van der Waals surface area contributed by atoms with Gasteiger partial charge in [0.2, 0.25) is 0 Å². The van der Waals surface area contributed by atoms with Crippen molar-refractivity contribution < 1.29 is 4.74 Å². The fourth-order valence-corrected chi connectivity index (χ4v) is 2.76. The molecule has 20 heavy (non-hydrogen) atoms. The van der Waals surface area contributed by atoms with E-state index in [0.29, 0.717) is 0 Å². The Balaban J connectivity index is 1.59. The van der Waals surface area contributed by atoms with Crippen LogP contribution in [0, 0.1) is 0 Å². The number of hydrogen-bond acceptors (Lipinski definition) is 3. The number of nitrogen functional groups attached to an aromatic ring is 1. The molecule has 0 aromatic heterocycles. The van der Waals surface area contributed by atoms with E-state index < -0.39 is 0 Å². The van der Waals surface area contributed by atoms with Crippen molar-refractivity contribution in [3.8, 4) is 5.75 Å². The molecule has 0 aliphatic heterocycles. The molecule has 2 N–H and O–H groups in total. The molecule has 2 rings (SSSR count). The third-order valence-electron chi connectivity index (χ3n) is 2.75. The Hall–Kier alpha value is -1.32. The molecule has 0 fully saturated rings. The molecule has 0 bridgehead atoms. The van der Waals surface area contributed by atoms with Gasteiger partial charge in [0.1, 0.15) is 5.75 Å². The molecular weight excluding hydrogens is 290 g/mol. The van der Waals surface area contributed by atoms with Gasteiger partial charge in [0, 0.05) is 21.7 Å². The molecule has 2 aromatic rings. The van der Waals surface area contributed by atoms with E-state index in [0.717, 1.165) is 41.7 Å². The summed E-state index contributed by atoms with van der Waals surface area (Å²) in [6.45, 7) is 0.727. The van der Waals surface area contributed by atoms with Crippen molar-refractivity contribution in [1.29, 1.82) is 0 Å². The van der Waals surface area contributed by atoms with E-state index in [1.165, 1.54) is 4.90 Å². The molecule has 2 nitrogen and oxygen atoms in total. The van der Waals surface area contributed by atoms with Gasteiger partial charge in [0.05, 0.1) is 6.61 Å². The van der Waals surface area contributed by atoms with Crippen LogP contribution in [-0.2, 0) is 0 Å². The number of ether oxygens (including phenoxy) is 1. The minimum atomic E-state index is 0.727. The average Bonchev–Trinajstić information content (AvgIpc) is 2.45. The summed E-state index contributed by atoms with van der Waals surface area (Å²) < 4.78 is 5.65. The highest BCUT2D eigenvalue weighted by molar-refractivity contribution is 7.99. The zero-order chi connectivity index (χ0) is 14.2. The molecule has 4 heteroatoms. The predicted molar refractivity (Wildman–Crippen MR) is 87.8 cm³/mol. The molecule has 2 aromatic carbocycles. The van der Waals surface area contributed by atoms with Gasteiger partial charge < -0.3 is 10.5 Å². The average molecular weight is 308 g/mol. The van der Waals surface area contributed by atoms with Crippen molar-refractivity contribution in [2.45, 2.75) is 17.7 Å². The molecule has 0 atom stereocenters. The maximum absolute atomic E-state index is 5.85. The van der Waals surface area contributed by atoms with Crippen molar-refractivity contribution in [1.82, 2.24) is 0 Å². The van der Waals surface area contributed by atoms with Crippen LogP contribution in [0.1, 0.15) is 12.8 Å². The number of thioether (sulfide) groups is 1. The highest BCUT2D eigenvalue weighted by atomic mass is 35.5. The van der Waals surface area contributed by atoms with E-state index in [2.05, 4.69) is 12.1 Å². The van der Waals surface area contributed by atoms with Gasteiger partial charge in [-0.25, -0.2) is 0 Å². The smallest absolute Gasteiger partial charge is 0.121 e. The second-order valence-corrected chi connectivity index (χ2v) is 6.04. The number of benzene rings is 2. The highest BCUT2D eigenvalue weighted by Crippen LogP contribution is 2.21. The second-order valence-electron chi connectivity index (χ2n) is 4.43. The SMILES string of the molecule is Nc1cccc(OCCCCSc2ccc(Cl)cc2)c1. The minimum absolute atomic E-state index is 0.727. The van der Waals surface area contributed by atoms with Crippen molar-refractivity contribution >= 4 is 29.1 Å². The first kappa shape index (κ1) is 15.1. The first-order chi connectivity index (χ1) is 9.74. The zero-order valence-electron chi connectivity index (χ0n) is 11.2. The molecule has 106 valence electrons. The predicted octanol–water partition coefficient (Wildman–Crippen LogP) is 4.87. The maximum atomic E-state index is 5.85. The number of halogens is 1. The Bertz CT molecular complexity index is 530. The summed E-state index contributed by atoms with van der Waals surface area (Å²) in [5.41, 5.74) is 6.43. The molecule has 0 amide bonds. The first-order valence-electron chi connectivity index (χ1n) is 6.61. The van der Waals surface area contributed by atoms with E-state index in [1.54, 1.807) is 0 Å². The van der Waals surface area contributed by atoms with Gasteiger partial charge in [0.25, 0.3) is 0 Å². The number of nitrogens with two attached hydrogens (primary N) is 1. The maximum Gasteiger partial charge on any atom is 0.121 e. The second kappa shape index (κ2) is 8.08. The van der Waals surface area contributed by atoms with Gasteiger partial charge in [-0.3, -0.25) is 0 Å². The minimum Gasteiger partial charge on any atom is -0.494 e. The fourth-order valence-electron chi connectivity index (χ4n) is 1.72. The van der Waals surface area contributed by atoms with Crippen molar-refractivity contribution in [3.05, 3.63) is 53.6 Å². The summed E-state index contributed by atoms with van der Waals surface area (Å²) in [6.07, 6.45) is 2.16. The summed E-state index contributed by atoms with van der Waals surface area (Å²) in [4.78, 5) is 1.26. The molecule has 0 unspecified atom stereocenters. The first-order valence-corrected chi connectivity index (χ1v) is 7.97. The summed E-state index contributed by atoms with van der Waals surface area (Å²) in [6, 6.07) is 15.5. The molecule has 0 saturated heterocycles. The topological polar surface area (TPSA) is 35.2 Å². The molecule has 0 spiro atoms. The van der Waals surface area contributed by atoms with E-state index in [1.807, 2.05) is 48.2 Å². The summed E-state index contributed by atoms with van der Waals surface area (Å²) >= 11 is 7.69. The van der Waals surface area contributed by atoms with Crippen LogP contribution in [0.5, 0.6) is 5.75 Å². The number of rotatable bonds is 7.